The summed E-state index contributed by atoms with van der Waals surface area (Å²) in [6.45, 7) is 55.7. The molecule has 12 heteroatoms. The third-order valence-corrected chi connectivity index (χ3v) is 26.2. The molecule has 1 saturated carbocycles. The Balaban J connectivity index is 0.000000129. The predicted molar refractivity (Wildman–Crippen MR) is 567 cm³/mol. The molecule has 0 spiro atoms. The number of hydrogen-bond acceptors (Lipinski definition) is 4. The minimum atomic E-state index is -2.49. The predicted octanol–water partition coefficient (Wildman–Crippen LogP) is 33.4. The van der Waals surface area contributed by atoms with E-state index in [9.17, 15) is 0 Å². The summed E-state index contributed by atoms with van der Waals surface area (Å²) in [6.07, 6.45) is 6.63. The van der Waals surface area contributed by atoms with Crippen LogP contribution in [0.15, 0.2) is 291 Å². The second kappa shape index (κ2) is 37.9. The smallest absolute Gasteiger partial charge is 0.216 e. The van der Waals surface area contributed by atoms with Gasteiger partial charge in [0.25, 0.3) is 0 Å². The van der Waals surface area contributed by atoms with Crippen molar-refractivity contribution in [1.82, 2.24) is 0 Å². The average molecular weight is 1820 g/mol. The maximum atomic E-state index is 9.06. The molecule has 0 aliphatic heterocycles. The fraction of sp³-hybridized carbons (Fsp3) is 0.238. The highest BCUT2D eigenvalue weighted by Gasteiger charge is 2.33. The highest BCUT2D eigenvalue weighted by atomic mass is 16.3. The van der Waals surface area contributed by atoms with Crippen LogP contribution >= 0.6 is 0 Å². The molecule has 0 unspecified atom stereocenters. The van der Waals surface area contributed by atoms with Crippen molar-refractivity contribution in [3.8, 4) is 89.5 Å². The Hall–Kier alpha value is -15.6. The monoisotopic (exact) mass is 1820 g/mol. The van der Waals surface area contributed by atoms with Crippen molar-refractivity contribution in [2.75, 3.05) is 0 Å². The zero-order valence-corrected chi connectivity index (χ0v) is 81.6. The number of aromatic nitrogens is 4. The van der Waals surface area contributed by atoms with E-state index in [4.69, 9.17) is 57.7 Å². The van der Waals surface area contributed by atoms with Gasteiger partial charge in [0.1, 0.15) is 72.9 Å². The van der Waals surface area contributed by atoms with Gasteiger partial charge in [-0.3, -0.25) is 0 Å². The quantitative estimate of drug-likeness (QED) is 0.0850. The first-order valence-corrected chi connectivity index (χ1v) is 47.0. The molecule has 12 aromatic carbocycles. The van der Waals surface area contributed by atoms with Gasteiger partial charge in [0.15, 0.2) is 47.5 Å². The topological polar surface area (TPSA) is 85.5 Å². The van der Waals surface area contributed by atoms with E-state index in [-0.39, 0.29) is 17.0 Å². The minimum absolute atomic E-state index is 0.0128. The van der Waals surface area contributed by atoms with Gasteiger partial charge < -0.3 is 17.7 Å². The van der Waals surface area contributed by atoms with Crippen LogP contribution in [-0.4, -0.2) is 0 Å². The van der Waals surface area contributed by atoms with Gasteiger partial charge in [-0.1, -0.05) is 287 Å². The summed E-state index contributed by atoms with van der Waals surface area (Å²) >= 11 is 0. The number of pyridine rings is 4. The third kappa shape index (κ3) is 17.8. The lowest BCUT2D eigenvalue weighted by molar-refractivity contribution is -0.661. The lowest BCUT2D eigenvalue weighted by atomic mass is 9.86. The Morgan fingerprint density at radius 2 is 0.616 bits per heavy atom. The van der Waals surface area contributed by atoms with Crippen LogP contribution in [-0.2, 0) is 47.3 Å². The summed E-state index contributed by atoms with van der Waals surface area (Å²) in [7, 11) is 7.75. The molecule has 0 N–H and O–H groups in total. The third-order valence-electron chi connectivity index (χ3n) is 26.2. The Morgan fingerprint density at radius 1 is 0.333 bits per heavy atom. The van der Waals surface area contributed by atoms with Crippen LogP contribution in [0.5, 0.6) is 0 Å². The summed E-state index contributed by atoms with van der Waals surface area (Å²) in [6, 6.07) is 81.7. The van der Waals surface area contributed by atoms with Crippen LogP contribution in [0.4, 0.5) is 22.7 Å². The first-order valence-electron chi connectivity index (χ1n) is 52.0. The van der Waals surface area contributed by atoms with Crippen molar-refractivity contribution in [3.63, 3.8) is 0 Å². The molecule has 682 valence electrons. The lowest BCUT2D eigenvalue weighted by Crippen LogP contribution is -2.32. The molecule has 21 rings (SSSR count). The van der Waals surface area contributed by atoms with Crippen molar-refractivity contribution in [2.45, 2.75) is 154 Å². The van der Waals surface area contributed by atoms with E-state index in [2.05, 4.69) is 119 Å². The van der Waals surface area contributed by atoms with Crippen molar-refractivity contribution in [1.29, 1.82) is 0 Å². The number of hydrogen-bond donors (Lipinski definition) is 0. The second-order valence-corrected chi connectivity index (χ2v) is 38.8. The maximum absolute atomic E-state index is 9.06. The Bertz CT molecular complexity index is 8910. The molecule has 20 aromatic rings. The van der Waals surface area contributed by atoms with Gasteiger partial charge >= 0.3 is 0 Å². The Kier molecular flexibility index (Phi) is 22.2. The Morgan fingerprint density at radius 3 is 0.928 bits per heavy atom. The van der Waals surface area contributed by atoms with Crippen molar-refractivity contribution in [3.05, 3.63) is 380 Å². The van der Waals surface area contributed by atoms with Crippen molar-refractivity contribution < 1.29 is 49.6 Å². The van der Waals surface area contributed by atoms with Crippen LogP contribution in [0.25, 0.3) is 197 Å². The zero-order valence-electron chi connectivity index (χ0n) is 91.6. The molecule has 8 heterocycles. The molecule has 1 aliphatic rings. The fourth-order valence-electron chi connectivity index (χ4n) is 19.7. The molecule has 0 saturated heterocycles. The lowest BCUT2D eigenvalue weighted by Gasteiger charge is -2.19. The molecule has 0 radical (unpaired) electrons. The van der Waals surface area contributed by atoms with E-state index in [1.165, 1.54) is 6.20 Å². The van der Waals surface area contributed by atoms with Gasteiger partial charge in [0.05, 0.1) is 48.5 Å². The zero-order chi connectivity index (χ0) is 106. The standard InChI is InChI=1S/2C32H31N2O.C31H27N2O.C31H29N2O/c1-20-13-14-24-25-15-16-26(33-6)29(22-11-9-8-10-12-22)31(25)35-30(24)28(20)27-17-23(18-32(3,4)5)21(2)19-34(27)7;1-20-13-14-24-25-15-16-26(33-6)29(22-11-9-8-10-12-22)31(25)35-30(24)28(20)27-17-21(2)23(19-34(27)7)18-32(3,4)5;1-20-13-14-24-25-15-16-26(32-2)29(22-11-5-4-6-12-22)31(25)34-30(24)28(20)27-19-23(17-18-33(27)3)21-9-7-8-10-21;1-19(2)16-23-18-33(6)27(17-21(23)4)28-20(3)12-13-24-25-14-15-26(32-5)29(31(25)34-30(24)28)22-10-8-7-9-11-22/h2*8-17,19H,18H2,1-5,7H3;4-6,11-19,21H,7-10H2,1,3H3;7-15,17-19H,16H2,1-4,6H3/q4*+1/i2D3,18D2;18D2;21D;16D2. The Labute approximate surface area is 824 Å². The minimum Gasteiger partial charge on any atom is -0.456 e. The molecule has 8 aromatic heterocycles. The van der Waals surface area contributed by atoms with Crippen molar-refractivity contribution >= 4 is 111 Å². The largest absolute Gasteiger partial charge is 0.456 e. The molecule has 12 nitrogen and oxygen atoms in total. The molecule has 138 heavy (non-hydrogen) atoms. The molecule has 1 fully saturated rings. The van der Waals surface area contributed by atoms with Gasteiger partial charge in [0, 0.05) is 126 Å². The fourth-order valence-corrected chi connectivity index (χ4v) is 19.7. The molecular formula is C126H118N8O4+4. The van der Waals surface area contributed by atoms with E-state index >= 15 is 0 Å². The van der Waals surface area contributed by atoms with E-state index in [0.717, 1.165) is 214 Å². The first-order chi connectivity index (χ1) is 70.3. The van der Waals surface area contributed by atoms with Crippen LogP contribution in [0.2, 0.25) is 0 Å². The van der Waals surface area contributed by atoms with Crippen molar-refractivity contribution in [2.24, 2.45) is 44.9 Å². The van der Waals surface area contributed by atoms with Crippen LogP contribution in [0.1, 0.15) is 162 Å². The van der Waals surface area contributed by atoms with E-state index in [0.29, 0.717) is 61.9 Å². The van der Waals surface area contributed by atoms with E-state index in [1.807, 2.05) is 273 Å². The van der Waals surface area contributed by atoms with Gasteiger partial charge in [-0.15, -0.1) is 0 Å². The molecular weight excluding hydrogens is 1690 g/mol. The van der Waals surface area contributed by atoms with E-state index in [1.54, 1.807) is 38.5 Å². The number of benzene rings is 12. The summed E-state index contributed by atoms with van der Waals surface area (Å²) in [5.74, 6) is -0.653. The van der Waals surface area contributed by atoms with Crippen LogP contribution < -0.4 is 18.3 Å². The highest BCUT2D eigenvalue weighted by molar-refractivity contribution is 6.19. The summed E-state index contributed by atoms with van der Waals surface area (Å²) in [5, 5.41) is 7.74. The molecule has 0 bridgehead atoms. The SMILES string of the molecule is [2H]C([2H])([2H])c1c[n+](C)c(-c2c(C)ccc3c2oc2c(-c4ccccc4)c([N+]#[C-])ccc23)cc1C([2H])([2H])C(C)(C)C.[2H]C([2H])(c1c[n+](C)c(-c2c(C)ccc3c2oc2c(-c4ccccc4)c([N+]#[C-])ccc23)cc1C)C(C)(C)C.[2H]C([2H])(c1c[n+](C)c(-c2c(C)ccc3c2oc2c(-c4ccccc4)c([N+]#[C-])ccc23)cc1C)C(C)C.[2H]C1(c2cc[n+](C)c(-c3c(C)ccc4c3oc3c(-c5ccccc5)c([N+]#[C-])ccc34)c2)CCCC1. The number of rotatable bonds is 13. The van der Waals surface area contributed by atoms with E-state index < -0.39 is 42.7 Å². The summed E-state index contributed by atoms with van der Waals surface area (Å²) in [4.78, 5) is 15.2. The molecule has 1 aliphatic carbocycles. The number of nitrogens with zero attached hydrogens (tertiary/aromatic N) is 8. The normalized spacial score (nSPS) is 14.0. The number of furan rings is 4. The average Bonchev–Trinajstić information content (AvgIpc) is 1.66. The van der Waals surface area contributed by atoms with Gasteiger partial charge in [-0.05, 0) is 170 Å². The summed E-state index contributed by atoms with van der Waals surface area (Å²) < 4.78 is 121. The van der Waals surface area contributed by atoms with Gasteiger partial charge in [-0.2, -0.15) is 0 Å². The number of fused-ring (bicyclic) bond motifs is 12. The summed E-state index contributed by atoms with van der Waals surface area (Å²) in [5.41, 5.74) is 29.5. The first kappa shape index (κ1) is 80.8. The second-order valence-electron chi connectivity index (χ2n) is 38.8. The van der Waals surface area contributed by atoms with Crippen LogP contribution in [0, 0.1) is 91.4 Å². The van der Waals surface area contributed by atoms with Gasteiger partial charge in [-0.25, -0.2) is 37.6 Å². The number of aryl methyl sites for hydroxylation is 11. The molecule has 0 amide bonds. The molecule has 0 atom stereocenters. The highest BCUT2D eigenvalue weighted by Crippen LogP contribution is 2.51. The maximum Gasteiger partial charge on any atom is 0.216 e. The van der Waals surface area contributed by atoms with Crippen LogP contribution in [0.3, 0.4) is 0 Å². The van der Waals surface area contributed by atoms with Gasteiger partial charge in [0.2, 0.25) is 22.8 Å².